The second-order valence-corrected chi connectivity index (χ2v) is 3.68. The van der Waals surface area contributed by atoms with Gasteiger partial charge in [-0.15, -0.1) is 24.8 Å². The topological polar surface area (TPSA) is 43.4 Å². The van der Waals surface area contributed by atoms with Crippen molar-refractivity contribution in [2.24, 2.45) is 0 Å². The molecule has 3 heterocycles. The molecule has 90 valence electrons. The van der Waals surface area contributed by atoms with Crippen LogP contribution >= 0.6 is 24.8 Å². The first kappa shape index (κ1) is 13.7. The summed E-state index contributed by atoms with van der Waals surface area (Å²) in [5, 5.41) is 3.31. The van der Waals surface area contributed by atoms with E-state index in [4.69, 9.17) is 9.47 Å². The largest absolute Gasteiger partial charge is 0.342 e. The molecule has 2 aliphatic heterocycles. The van der Waals surface area contributed by atoms with Crippen LogP contribution in [0.25, 0.3) is 0 Å². The highest BCUT2D eigenvalue weighted by molar-refractivity contribution is 5.85. The lowest BCUT2D eigenvalue weighted by atomic mass is 10.1. The number of ether oxygens (including phenoxy) is 2. The van der Waals surface area contributed by atoms with Crippen molar-refractivity contribution >= 4 is 24.8 Å². The molecule has 4 nitrogen and oxygen atoms in total. The number of hydrogen-bond acceptors (Lipinski definition) is 4. The number of nitrogens with zero attached hydrogens (tertiary/aromatic N) is 1. The lowest BCUT2D eigenvalue weighted by molar-refractivity contribution is -0.186. The molecule has 0 aromatic carbocycles. The third-order valence-corrected chi connectivity index (χ3v) is 2.69. The maximum atomic E-state index is 5.85. The Kier molecular flexibility index (Phi) is 4.52. The first-order valence-electron chi connectivity index (χ1n) is 4.82. The molecule has 1 aromatic heterocycles. The number of aromatic nitrogens is 1. The van der Waals surface area contributed by atoms with Crippen LogP contribution < -0.4 is 5.32 Å². The van der Waals surface area contributed by atoms with Crippen molar-refractivity contribution in [2.75, 3.05) is 19.7 Å². The molecule has 2 fully saturated rings. The molecular formula is C10H14Cl2N2O2. The normalized spacial score (nSPS) is 31.4. The first-order chi connectivity index (χ1) is 6.89. The van der Waals surface area contributed by atoms with Crippen LogP contribution in [-0.2, 0) is 15.3 Å². The molecule has 2 aliphatic rings. The number of pyridine rings is 1. The summed E-state index contributed by atoms with van der Waals surface area (Å²) in [5.41, 5.74) is 0.995. The lowest BCUT2D eigenvalue weighted by Crippen LogP contribution is -2.46. The van der Waals surface area contributed by atoms with Crippen LogP contribution in [0.4, 0.5) is 0 Å². The number of halogens is 2. The van der Waals surface area contributed by atoms with Gasteiger partial charge in [-0.05, 0) is 6.07 Å². The average Bonchev–Trinajstić information content (AvgIpc) is 2.57. The second-order valence-electron chi connectivity index (χ2n) is 3.68. The molecule has 0 radical (unpaired) electrons. The molecule has 16 heavy (non-hydrogen) atoms. The van der Waals surface area contributed by atoms with Gasteiger partial charge in [0.15, 0.2) is 0 Å². The molecule has 0 amide bonds. The van der Waals surface area contributed by atoms with E-state index < -0.39 is 5.79 Å². The van der Waals surface area contributed by atoms with Crippen LogP contribution in [0, 0.1) is 0 Å². The van der Waals surface area contributed by atoms with Crippen molar-refractivity contribution in [3.63, 3.8) is 0 Å². The van der Waals surface area contributed by atoms with Gasteiger partial charge in [-0.25, -0.2) is 0 Å². The van der Waals surface area contributed by atoms with Gasteiger partial charge < -0.3 is 14.8 Å². The van der Waals surface area contributed by atoms with Crippen molar-refractivity contribution in [1.82, 2.24) is 10.3 Å². The van der Waals surface area contributed by atoms with Crippen molar-refractivity contribution in [3.05, 3.63) is 30.1 Å². The van der Waals surface area contributed by atoms with E-state index in [1.54, 1.807) is 12.4 Å². The van der Waals surface area contributed by atoms with Gasteiger partial charge in [-0.3, -0.25) is 4.98 Å². The Bertz CT molecular complexity index is 335. The monoisotopic (exact) mass is 264 g/mol. The summed E-state index contributed by atoms with van der Waals surface area (Å²) < 4.78 is 11.6. The minimum absolute atomic E-state index is 0. The van der Waals surface area contributed by atoms with E-state index in [0.29, 0.717) is 13.2 Å². The van der Waals surface area contributed by atoms with Crippen molar-refractivity contribution in [2.45, 2.75) is 11.9 Å². The Morgan fingerprint density at radius 1 is 1.44 bits per heavy atom. The summed E-state index contributed by atoms with van der Waals surface area (Å²) in [7, 11) is 0. The van der Waals surface area contributed by atoms with E-state index in [0.717, 1.165) is 12.1 Å². The van der Waals surface area contributed by atoms with E-state index in [-0.39, 0.29) is 30.9 Å². The molecule has 1 aromatic rings. The van der Waals surface area contributed by atoms with Gasteiger partial charge in [0.2, 0.25) is 5.79 Å². The van der Waals surface area contributed by atoms with Crippen LogP contribution in [0.2, 0.25) is 0 Å². The van der Waals surface area contributed by atoms with Crippen LogP contribution in [-0.4, -0.2) is 30.8 Å². The Hall–Kier alpha value is -0.390. The highest BCUT2D eigenvalue weighted by atomic mass is 35.5. The van der Waals surface area contributed by atoms with Crippen molar-refractivity contribution in [1.29, 1.82) is 0 Å². The molecule has 2 bridgehead atoms. The number of nitrogens with one attached hydrogen (secondary N) is 1. The smallest absolute Gasteiger partial charge is 0.209 e. The second kappa shape index (κ2) is 5.29. The fraction of sp³-hybridized carbons (Fsp3) is 0.500. The number of fused-ring (bicyclic) bond motifs is 2. The minimum Gasteiger partial charge on any atom is -0.342 e. The third kappa shape index (κ3) is 2.17. The van der Waals surface area contributed by atoms with Gasteiger partial charge in [0.05, 0.1) is 19.3 Å². The van der Waals surface area contributed by atoms with Crippen LogP contribution in [0.15, 0.2) is 24.5 Å². The SMILES string of the molecule is Cl.Cl.c1cncc([C@@]23CNC[C@@H](CO2)O3)c1. The van der Waals surface area contributed by atoms with Crippen LogP contribution in [0.1, 0.15) is 5.56 Å². The highest BCUT2D eigenvalue weighted by Crippen LogP contribution is 2.35. The number of hydrogen-bond donors (Lipinski definition) is 1. The summed E-state index contributed by atoms with van der Waals surface area (Å²) in [5.74, 6) is -0.586. The molecule has 1 N–H and O–H groups in total. The maximum absolute atomic E-state index is 5.85. The van der Waals surface area contributed by atoms with Crippen molar-refractivity contribution in [3.8, 4) is 0 Å². The summed E-state index contributed by atoms with van der Waals surface area (Å²) in [4.78, 5) is 4.08. The molecule has 2 saturated heterocycles. The molecule has 0 saturated carbocycles. The van der Waals surface area contributed by atoms with E-state index >= 15 is 0 Å². The Balaban J connectivity index is 0.000000640. The number of rotatable bonds is 1. The zero-order valence-corrected chi connectivity index (χ0v) is 10.2. The fourth-order valence-corrected chi connectivity index (χ4v) is 2.00. The summed E-state index contributed by atoms with van der Waals surface area (Å²) in [6.45, 7) is 2.25. The Labute approximate surface area is 107 Å². The molecule has 2 atom stereocenters. The van der Waals surface area contributed by atoms with Gasteiger partial charge in [-0.2, -0.15) is 0 Å². The molecule has 0 aliphatic carbocycles. The summed E-state index contributed by atoms with van der Waals surface area (Å²) in [6, 6.07) is 3.89. The molecule has 0 spiro atoms. The van der Waals surface area contributed by atoms with E-state index in [1.165, 1.54) is 0 Å². The standard InChI is InChI=1S/C10H12N2O2.2ClH/c1-2-8(4-11-3-1)10-7-12-5-9(14-10)6-13-10;;/h1-4,9,12H,5-7H2;2*1H/t9-,10-;;/m0../s1. The minimum atomic E-state index is -0.586. The average molecular weight is 265 g/mol. The lowest BCUT2D eigenvalue weighted by Gasteiger charge is -2.32. The van der Waals surface area contributed by atoms with Gasteiger partial charge in [0.1, 0.15) is 0 Å². The third-order valence-electron chi connectivity index (χ3n) is 2.69. The molecule has 3 rings (SSSR count). The quantitative estimate of drug-likeness (QED) is 0.825. The maximum Gasteiger partial charge on any atom is 0.209 e. The Morgan fingerprint density at radius 3 is 3.06 bits per heavy atom. The Morgan fingerprint density at radius 2 is 2.31 bits per heavy atom. The predicted molar refractivity (Wildman–Crippen MR) is 64.1 cm³/mol. The number of morpholine rings is 1. The van der Waals surface area contributed by atoms with E-state index in [1.807, 2.05) is 12.1 Å². The van der Waals surface area contributed by atoms with Crippen LogP contribution in [0.3, 0.4) is 0 Å². The van der Waals surface area contributed by atoms with E-state index in [2.05, 4.69) is 10.3 Å². The van der Waals surface area contributed by atoms with Gasteiger partial charge in [-0.1, -0.05) is 6.07 Å². The highest BCUT2D eigenvalue weighted by Gasteiger charge is 2.46. The first-order valence-corrected chi connectivity index (χ1v) is 4.82. The molecular weight excluding hydrogens is 251 g/mol. The van der Waals surface area contributed by atoms with Crippen LogP contribution in [0.5, 0.6) is 0 Å². The van der Waals surface area contributed by atoms with Gasteiger partial charge in [0.25, 0.3) is 0 Å². The van der Waals surface area contributed by atoms with Gasteiger partial charge >= 0.3 is 0 Å². The van der Waals surface area contributed by atoms with E-state index in [9.17, 15) is 0 Å². The molecule has 6 heteroatoms. The fourth-order valence-electron chi connectivity index (χ4n) is 2.00. The zero-order valence-electron chi connectivity index (χ0n) is 8.59. The molecule has 0 unspecified atom stereocenters. The van der Waals surface area contributed by atoms with Crippen molar-refractivity contribution < 1.29 is 9.47 Å². The summed E-state index contributed by atoms with van der Waals surface area (Å²) in [6.07, 6.45) is 3.74. The van der Waals surface area contributed by atoms with Gasteiger partial charge in [0, 0.05) is 24.5 Å². The summed E-state index contributed by atoms with van der Waals surface area (Å²) >= 11 is 0. The zero-order chi connectivity index (χ0) is 9.43. The predicted octanol–water partition coefficient (Wildman–Crippen LogP) is 1.10.